The van der Waals surface area contributed by atoms with Crippen molar-refractivity contribution in [2.24, 2.45) is 5.92 Å². The summed E-state index contributed by atoms with van der Waals surface area (Å²) < 4.78 is 11.9. The number of furan rings is 1. The zero-order valence-electron chi connectivity index (χ0n) is 21.9. The zero-order chi connectivity index (χ0) is 26.2. The summed E-state index contributed by atoms with van der Waals surface area (Å²) in [6, 6.07) is 5.27. The van der Waals surface area contributed by atoms with Gasteiger partial charge in [0.2, 0.25) is 0 Å². The van der Waals surface area contributed by atoms with Crippen LogP contribution in [-0.4, -0.2) is 52.8 Å². The topological polar surface area (TPSA) is 127 Å². The first-order valence-electron chi connectivity index (χ1n) is 12.5. The van der Waals surface area contributed by atoms with Crippen LogP contribution >= 0.6 is 0 Å². The minimum atomic E-state index is -0.456. The predicted octanol–water partition coefficient (Wildman–Crippen LogP) is 5.73. The Bertz CT molecular complexity index is 1780. The molecule has 1 fully saturated rings. The van der Waals surface area contributed by atoms with Crippen LogP contribution in [0.1, 0.15) is 25.2 Å². The molecular formula is C28H29AcN4O5-. The Hall–Kier alpha value is -2.54. The second-order valence-electron chi connectivity index (χ2n) is 10.4. The number of nitrogens with one attached hydrogen (secondary N) is 1. The summed E-state index contributed by atoms with van der Waals surface area (Å²) in [7, 11) is 0. The number of aromatic nitrogens is 1. The van der Waals surface area contributed by atoms with Crippen molar-refractivity contribution >= 4 is 55.3 Å². The number of rotatable bonds is 3. The van der Waals surface area contributed by atoms with E-state index in [0.717, 1.165) is 38.4 Å². The molecular weight excluding hydrogens is 699 g/mol. The molecule has 3 N–H and O–H groups in total. The number of piperazine rings is 1. The summed E-state index contributed by atoms with van der Waals surface area (Å²) in [6.45, 7) is 12.4. The van der Waals surface area contributed by atoms with Gasteiger partial charge in [0.05, 0.1) is 5.39 Å². The van der Waals surface area contributed by atoms with E-state index in [1.165, 1.54) is 0 Å². The van der Waals surface area contributed by atoms with Gasteiger partial charge in [0.25, 0.3) is 0 Å². The van der Waals surface area contributed by atoms with Gasteiger partial charge >= 0.3 is 0 Å². The van der Waals surface area contributed by atoms with Gasteiger partial charge in [-0.2, -0.15) is 0 Å². The summed E-state index contributed by atoms with van der Waals surface area (Å²) in [5.41, 5.74) is 10.2. The molecule has 0 amide bonds. The van der Waals surface area contributed by atoms with Gasteiger partial charge in [-0.25, -0.2) is 4.98 Å². The molecule has 1 aliphatic rings. The Morgan fingerprint density at radius 1 is 1.00 bits per heavy atom. The Labute approximate surface area is 254 Å². The fourth-order valence-corrected chi connectivity index (χ4v) is 5.54. The number of aryl methyl sites for hydroxylation is 2. The Morgan fingerprint density at radius 3 is 2.39 bits per heavy atom. The van der Waals surface area contributed by atoms with Crippen molar-refractivity contribution in [1.82, 2.24) is 9.88 Å². The third-order valence-corrected chi connectivity index (χ3v) is 7.27. The molecule has 1 saturated heterocycles. The van der Waals surface area contributed by atoms with Crippen molar-refractivity contribution in [2.45, 2.75) is 27.7 Å². The molecule has 9 nitrogen and oxygen atoms in total. The first-order valence-corrected chi connectivity index (χ1v) is 12.5. The number of fused-ring (bicyclic) bond motifs is 6. The summed E-state index contributed by atoms with van der Waals surface area (Å²) in [5, 5.41) is 22.9. The molecule has 0 bridgehead atoms. The number of phenolic OH excluding ortho intramolecular Hbond substituents is 2. The summed E-state index contributed by atoms with van der Waals surface area (Å²) in [6.07, 6.45) is 0. The van der Waals surface area contributed by atoms with Crippen molar-refractivity contribution in [3.05, 3.63) is 45.5 Å². The monoisotopic (exact) mass is 728 g/mol. The zero-order valence-corrected chi connectivity index (χ0v) is 26.6. The third-order valence-electron chi connectivity index (χ3n) is 7.27. The smallest absolute Gasteiger partial charge is 0.196 e. The van der Waals surface area contributed by atoms with Gasteiger partial charge in [-0.05, 0) is 25.8 Å². The SMILES string of the molecule is Cc1cc2c(o1)c(C)c(=O)c1c(O)c([NH-])c3oc4cc(N5CCN(CC(C)C)CC5)cc(O)c4nc3c12.[Ac]. The van der Waals surface area contributed by atoms with Gasteiger partial charge in [-0.15, -0.1) is 0 Å². The second-order valence-corrected chi connectivity index (χ2v) is 10.4. The van der Waals surface area contributed by atoms with E-state index < -0.39 is 11.2 Å². The van der Waals surface area contributed by atoms with Gasteiger partial charge < -0.3 is 29.7 Å². The van der Waals surface area contributed by atoms with E-state index in [-0.39, 0.29) is 77.5 Å². The fraction of sp³-hybridized carbons (Fsp3) is 0.357. The van der Waals surface area contributed by atoms with Crippen LogP contribution in [0.4, 0.5) is 11.4 Å². The van der Waals surface area contributed by atoms with E-state index in [1.54, 1.807) is 26.0 Å². The van der Waals surface area contributed by atoms with Crippen LogP contribution in [0, 0.1) is 63.8 Å². The molecule has 2 aromatic heterocycles. The summed E-state index contributed by atoms with van der Waals surface area (Å²) in [5.74, 6) is 0.702. The van der Waals surface area contributed by atoms with E-state index in [2.05, 4.69) is 28.6 Å². The average molecular weight is 729 g/mol. The van der Waals surface area contributed by atoms with E-state index in [4.69, 9.17) is 14.6 Å². The number of hydrogen-bond acceptors (Lipinski definition) is 8. The molecule has 6 rings (SSSR count). The van der Waals surface area contributed by atoms with Crippen LogP contribution in [0.5, 0.6) is 11.5 Å². The van der Waals surface area contributed by atoms with Gasteiger partial charge in [-0.3, -0.25) is 9.69 Å². The van der Waals surface area contributed by atoms with Crippen LogP contribution in [0.15, 0.2) is 31.8 Å². The fourth-order valence-electron chi connectivity index (χ4n) is 5.54. The van der Waals surface area contributed by atoms with Crippen LogP contribution in [0.3, 0.4) is 0 Å². The maximum atomic E-state index is 13.2. The number of benzene rings is 3. The molecule has 1 radical (unpaired) electrons. The molecule has 3 aromatic carbocycles. The number of aromatic hydroxyl groups is 2. The molecule has 0 aliphatic carbocycles. The molecule has 0 saturated carbocycles. The molecule has 0 unspecified atom stereocenters. The average Bonchev–Trinajstić information content (AvgIpc) is 3.25. The van der Waals surface area contributed by atoms with Crippen molar-refractivity contribution < 1.29 is 63.1 Å². The first-order chi connectivity index (χ1) is 17.6. The van der Waals surface area contributed by atoms with Gasteiger partial charge in [-0.1, -0.05) is 19.5 Å². The Morgan fingerprint density at radius 2 is 1.71 bits per heavy atom. The van der Waals surface area contributed by atoms with E-state index in [0.29, 0.717) is 39.2 Å². The minimum absolute atomic E-state index is 0. The maximum absolute atomic E-state index is 13.2. The number of nitrogens with zero attached hydrogens (tertiary/aromatic N) is 3. The van der Waals surface area contributed by atoms with Crippen LogP contribution in [0.25, 0.3) is 49.7 Å². The molecule has 38 heavy (non-hydrogen) atoms. The molecule has 3 heterocycles. The van der Waals surface area contributed by atoms with Crippen molar-refractivity contribution in [2.75, 3.05) is 37.6 Å². The summed E-state index contributed by atoms with van der Waals surface area (Å²) in [4.78, 5) is 22.5. The third kappa shape index (κ3) is 4.22. The second kappa shape index (κ2) is 9.89. The summed E-state index contributed by atoms with van der Waals surface area (Å²) >= 11 is 0. The van der Waals surface area contributed by atoms with Crippen LogP contribution in [-0.2, 0) is 0 Å². The molecule has 0 atom stereocenters. The Kier molecular flexibility index (Phi) is 7.04. The van der Waals surface area contributed by atoms with Crippen molar-refractivity contribution in [3.63, 3.8) is 0 Å². The standard InChI is InChI=1S/C28H30N4O5.Ac/c1-13(2)12-31-5-7-32(8-6-31)16-10-18(33)23-19(11-16)37-28-22(29)26(35)21-20(24(28)30-23)17-9-14(3)36-27(17)15(4)25(21)34;/h9-11,13H,5-8,12H2,1-4H3,(H4,29,30,33,34,35);/p-1. The van der Waals surface area contributed by atoms with E-state index >= 15 is 0 Å². The van der Waals surface area contributed by atoms with Crippen LogP contribution < -0.4 is 10.3 Å². The predicted molar refractivity (Wildman–Crippen MR) is 145 cm³/mol. The van der Waals surface area contributed by atoms with Crippen molar-refractivity contribution in [3.8, 4) is 11.5 Å². The number of anilines is 1. The quantitative estimate of drug-likeness (QED) is 0.137. The van der Waals surface area contributed by atoms with E-state index in [1.807, 2.05) is 6.07 Å². The molecule has 5 aromatic rings. The van der Waals surface area contributed by atoms with Gasteiger partial charge in [0.1, 0.15) is 39.5 Å². The Balaban J connectivity index is 0.00000294. The van der Waals surface area contributed by atoms with Crippen molar-refractivity contribution in [1.29, 1.82) is 0 Å². The van der Waals surface area contributed by atoms with Crippen LogP contribution in [0.2, 0.25) is 0 Å². The molecule has 0 spiro atoms. The molecule has 1 aliphatic heterocycles. The first kappa shape index (κ1) is 27.0. The number of hydrogen-bond donors (Lipinski definition) is 2. The van der Waals surface area contributed by atoms with E-state index in [9.17, 15) is 15.0 Å². The molecule has 10 heteroatoms. The number of phenols is 2. The normalized spacial score (nSPS) is 14.8. The maximum Gasteiger partial charge on any atom is 0.196 e. The van der Waals surface area contributed by atoms with Gasteiger partial charge in [0.15, 0.2) is 11.0 Å². The largest absolute Gasteiger partial charge is 0.693 e. The minimum Gasteiger partial charge on any atom is -0.693 e. The van der Waals surface area contributed by atoms with Gasteiger partial charge in [0, 0.05) is 111 Å². The molecule has 195 valence electrons.